The van der Waals surface area contributed by atoms with E-state index in [0.717, 1.165) is 16.8 Å². The quantitative estimate of drug-likeness (QED) is 0.808. The summed E-state index contributed by atoms with van der Waals surface area (Å²) in [7, 11) is 0. The van der Waals surface area contributed by atoms with Crippen molar-refractivity contribution in [1.29, 1.82) is 0 Å². The maximum atomic E-state index is 12.1. The van der Waals surface area contributed by atoms with E-state index in [2.05, 4.69) is 0 Å². The summed E-state index contributed by atoms with van der Waals surface area (Å²) < 4.78 is 11.2. The Labute approximate surface area is 126 Å². The number of aryl methyl sites for hydroxylation is 1. The van der Waals surface area contributed by atoms with Gasteiger partial charge in [-0.1, -0.05) is 12.1 Å². The average Bonchev–Trinajstić information content (AvgIpc) is 2.40. The van der Waals surface area contributed by atoms with E-state index in [0.29, 0.717) is 19.7 Å². The second-order valence-electron chi connectivity index (χ2n) is 6.40. The summed E-state index contributed by atoms with van der Waals surface area (Å²) in [5.74, 6) is 0. The fourth-order valence-corrected chi connectivity index (χ4v) is 2.24. The minimum Gasteiger partial charge on any atom is -0.444 e. The number of hydrogen-bond donors (Lipinski definition) is 1. The SMILES string of the molecule is Cc1cc([C@H]2CN(C(=O)OC(C)(C)C)CCO2)ccc1N. The Morgan fingerprint density at radius 1 is 1.43 bits per heavy atom. The predicted molar refractivity (Wildman–Crippen MR) is 82.1 cm³/mol. The van der Waals surface area contributed by atoms with Crippen molar-refractivity contribution < 1.29 is 14.3 Å². The highest BCUT2D eigenvalue weighted by molar-refractivity contribution is 5.68. The Bertz CT molecular complexity index is 523. The third-order valence-corrected chi connectivity index (χ3v) is 3.38. The van der Waals surface area contributed by atoms with Crippen molar-refractivity contribution in [3.05, 3.63) is 29.3 Å². The molecule has 1 amide bonds. The number of morpholine rings is 1. The van der Waals surface area contributed by atoms with Crippen LogP contribution in [0.25, 0.3) is 0 Å². The minimum absolute atomic E-state index is 0.134. The van der Waals surface area contributed by atoms with Crippen LogP contribution in [0.4, 0.5) is 10.5 Å². The molecule has 5 heteroatoms. The molecule has 2 rings (SSSR count). The molecule has 21 heavy (non-hydrogen) atoms. The van der Waals surface area contributed by atoms with Crippen LogP contribution in [0.2, 0.25) is 0 Å². The molecule has 0 aliphatic carbocycles. The van der Waals surface area contributed by atoms with Gasteiger partial charge in [0.1, 0.15) is 11.7 Å². The molecule has 116 valence electrons. The second-order valence-corrected chi connectivity index (χ2v) is 6.40. The maximum absolute atomic E-state index is 12.1. The van der Waals surface area contributed by atoms with Crippen LogP contribution in [0.15, 0.2) is 18.2 Å². The zero-order valence-corrected chi connectivity index (χ0v) is 13.2. The molecule has 0 unspecified atom stereocenters. The van der Waals surface area contributed by atoms with Crippen LogP contribution in [0, 0.1) is 6.92 Å². The number of ether oxygens (including phenoxy) is 2. The number of anilines is 1. The number of hydrogen-bond acceptors (Lipinski definition) is 4. The Morgan fingerprint density at radius 3 is 2.76 bits per heavy atom. The Kier molecular flexibility index (Phi) is 4.42. The molecule has 1 aromatic carbocycles. The van der Waals surface area contributed by atoms with E-state index in [1.165, 1.54) is 0 Å². The molecule has 1 heterocycles. The molecule has 0 radical (unpaired) electrons. The second kappa shape index (κ2) is 5.93. The number of carbonyl (C=O) groups is 1. The highest BCUT2D eigenvalue weighted by Crippen LogP contribution is 2.26. The van der Waals surface area contributed by atoms with Gasteiger partial charge in [0, 0.05) is 12.2 Å². The van der Waals surface area contributed by atoms with Crippen LogP contribution in [0.3, 0.4) is 0 Å². The van der Waals surface area contributed by atoms with E-state index in [9.17, 15) is 4.79 Å². The van der Waals surface area contributed by atoms with Crippen LogP contribution in [-0.4, -0.2) is 36.3 Å². The van der Waals surface area contributed by atoms with Crippen molar-refractivity contribution in [3.63, 3.8) is 0 Å². The molecule has 1 fully saturated rings. The Hall–Kier alpha value is -1.75. The van der Waals surface area contributed by atoms with Gasteiger partial charge in [-0.3, -0.25) is 0 Å². The van der Waals surface area contributed by atoms with Crippen LogP contribution in [-0.2, 0) is 9.47 Å². The van der Waals surface area contributed by atoms with Gasteiger partial charge in [0.25, 0.3) is 0 Å². The predicted octanol–water partition coefficient (Wildman–Crippen LogP) is 2.89. The molecule has 2 N–H and O–H groups in total. The summed E-state index contributed by atoms with van der Waals surface area (Å²) in [6.07, 6.45) is -0.423. The number of benzene rings is 1. The lowest BCUT2D eigenvalue weighted by Gasteiger charge is -2.34. The van der Waals surface area contributed by atoms with E-state index in [1.54, 1.807) is 4.90 Å². The van der Waals surface area contributed by atoms with Gasteiger partial charge in [-0.05, 0) is 44.9 Å². The van der Waals surface area contributed by atoms with Gasteiger partial charge >= 0.3 is 6.09 Å². The number of amides is 1. The molecule has 1 aromatic rings. The fraction of sp³-hybridized carbons (Fsp3) is 0.562. The lowest BCUT2D eigenvalue weighted by Crippen LogP contribution is -2.44. The van der Waals surface area contributed by atoms with Crippen LogP contribution < -0.4 is 5.73 Å². The average molecular weight is 292 g/mol. The number of carbonyl (C=O) groups excluding carboxylic acids is 1. The molecule has 0 spiro atoms. The fourth-order valence-electron chi connectivity index (χ4n) is 2.24. The molecule has 1 aliphatic rings. The molecular weight excluding hydrogens is 268 g/mol. The monoisotopic (exact) mass is 292 g/mol. The third kappa shape index (κ3) is 4.11. The van der Waals surface area contributed by atoms with Crippen molar-refractivity contribution in [2.45, 2.75) is 39.4 Å². The highest BCUT2D eigenvalue weighted by Gasteiger charge is 2.28. The summed E-state index contributed by atoms with van der Waals surface area (Å²) in [6, 6.07) is 5.84. The van der Waals surface area contributed by atoms with Gasteiger partial charge in [-0.15, -0.1) is 0 Å². The molecule has 1 atom stereocenters. The summed E-state index contributed by atoms with van der Waals surface area (Å²) in [5.41, 5.74) is 8.17. The summed E-state index contributed by atoms with van der Waals surface area (Å²) >= 11 is 0. The number of nitrogens with two attached hydrogens (primary N) is 1. The Morgan fingerprint density at radius 2 is 2.14 bits per heavy atom. The van der Waals surface area contributed by atoms with E-state index in [1.807, 2.05) is 45.9 Å². The van der Waals surface area contributed by atoms with Gasteiger partial charge in [-0.25, -0.2) is 4.79 Å². The molecule has 0 saturated carbocycles. The van der Waals surface area contributed by atoms with Gasteiger partial charge in [0.2, 0.25) is 0 Å². The first-order chi connectivity index (χ1) is 9.76. The topological polar surface area (TPSA) is 64.8 Å². The third-order valence-electron chi connectivity index (χ3n) is 3.38. The Balaban J connectivity index is 2.06. The van der Waals surface area contributed by atoms with Gasteiger partial charge in [0.15, 0.2) is 0 Å². The van der Waals surface area contributed by atoms with Crippen molar-refractivity contribution in [2.24, 2.45) is 0 Å². The normalized spacial score (nSPS) is 19.4. The molecule has 5 nitrogen and oxygen atoms in total. The van der Waals surface area contributed by atoms with E-state index in [-0.39, 0.29) is 12.2 Å². The molecule has 1 saturated heterocycles. The standard InChI is InChI=1S/C16H24N2O3/c1-11-9-12(5-6-13(11)17)14-10-18(7-8-20-14)15(19)21-16(2,3)4/h5-6,9,14H,7-8,10,17H2,1-4H3/t14-/m1/s1. The van der Waals surface area contributed by atoms with Gasteiger partial charge in [0.05, 0.1) is 13.2 Å². The zero-order valence-electron chi connectivity index (χ0n) is 13.2. The lowest BCUT2D eigenvalue weighted by atomic mass is 10.0. The van der Waals surface area contributed by atoms with Crippen molar-refractivity contribution >= 4 is 11.8 Å². The molecule has 0 bridgehead atoms. The first-order valence-electron chi connectivity index (χ1n) is 7.22. The van der Waals surface area contributed by atoms with Crippen LogP contribution >= 0.6 is 0 Å². The summed E-state index contributed by atoms with van der Waals surface area (Å²) in [6.45, 7) is 9.13. The van der Waals surface area contributed by atoms with E-state index < -0.39 is 5.60 Å². The molecule has 0 aromatic heterocycles. The number of nitrogens with zero attached hydrogens (tertiary/aromatic N) is 1. The number of nitrogen functional groups attached to an aromatic ring is 1. The van der Waals surface area contributed by atoms with Crippen molar-refractivity contribution in [1.82, 2.24) is 4.90 Å². The molecular formula is C16H24N2O3. The van der Waals surface area contributed by atoms with Crippen molar-refractivity contribution in [3.8, 4) is 0 Å². The van der Waals surface area contributed by atoms with E-state index >= 15 is 0 Å². The minimum atomic E-state index is -0.483. The first-order valence-corrected chi connectivity index (χ1v) is 7.22. The van der Waals surface area contributed by atoms with Crippen LogP contribution in [0.5, 0.6) is 0 Å². The van der Waals surface area contributed by atoms with Crippen molar-refractivity contribution in [2.75, 3.05) is 25.4 Å². The van der Waals surface area contributed by atoms with Gasteiger partial charge in [-0.2, -0.15) is 0 Å². The van der Waals surface area contributed by atoms with Gasteiger partial charge < -0.3 is 20.1 Å². The molecule has 1 aliphatic heterocycles. The van der Waals surface area contributed by atoms with Crippen LogP contribution in [0.1, 0.15) is 38.0 Å². The lowest BCUT2D eigenvalue weighted by molar-refractivity contribution is -0.0432. The largest absolute Gasteiger partial charge is 0.444 e. The summed E-state index contributed by atoms with van der Waals surface area (Å²) in [5, 5.41) is 0. The first kappa shape index (κ1) is 15.6. The number of rotatable bonds is 1. The summed E-state index contributed by atoms with van der Waals surface area (Å²) in [4.78, 5) is 13.8. The smallest absolute Gasteiger partial charge is 0.410 e. The highest BCUT2D eigenvalue weighted by atomic mass is 16.6. The maximum Gasteiger partial charge on any atom is 0.410 e. The zero-order chi connectivity index (χ0) is 15.6. The van der Waals surface area contributed by atoms with E-state index in [4.69, 9.17) is 15.2 Å².